The minimum Gasteiger partial charge on any atom is -0.496 e. The molecule has 0 atom stereocenters. The first kappa shape index (κ1) is 12.8. The van der Waals surface area contributed by atoms with E-state index in [-0.39, 0.29) is 6.79 Å². The monoisotopic (exact) mass is 294 g/mol. The van der Waals surface area contributed by atoms with Crippen LogP contribution in [0.3, 0.4) is 0 Å². The summed E-state index contributed by atoms with van der Waals surface area (Å²) in [5, 5.41) is 0. The van der Waals surface area contributed by atoms with Crippen LogP contribution < -0.4 is 14.2 Å². The van der Waals surface area contributed by atoms with E-state index in [1.807, 2.05) is 53.2 Å². The fourth-order valence-electron chi connectivity index (χ4n) is 2.58. The van der Waals surface area contributed by atoms with E-state index >= 15 is 0 Å². The highest BCUT2D eigenvalue weighted by Crippen LogP contribution is 2.35. The molecule has 0 saturated carbocycles. The second kappa shape index (κ2) is 5.11. The van der Waals surface area contributed by atoms with Crippen LogP contribution in [-0.4, -0.2) is 23.5 Å². The molecule has 0 aliphatic carbocycles. The number of hydrogen-bond donors (Lipinski definition) is 0. The molecule has 0 saturated heterocycles. The summed E-state index contributed by atoms with van der Waals surface area (Å²) in [4.78, 5) is 4.48. The molecular formula is C17H14N2O3. The molecule has 5 heteroatoms. The summed E-state index contributed by atoms with van der Waals surface area (Å²) >= 11 is 0. The maximum Gasteiger partial charge on any atom is 0.231 e. The number of fused-ring (bicyclic) bond motifs is 1. The summed E-state index contributed by atoms with van der Waals surface area (Å²) in [6.07, 6.45) is 3.69. The zero-order chi connectivity index (χ0) is 14.9. The highest BCUT2D eigenvalue weighted by atomic mass is 16.7. The van der Waals surface area contributed by atoms with Crippen molar-refractivity contribution >= 4 is 0 Å². The van der Waals surface area contributed by atoms with Crippen molar-refractivity contribution in [2.75, 3.05) is 13.9 Å². The summed E-state index contributed by atoms with van der Waals surface area (Å²) in [5.74, 6) is 3.12. The second-order valence-electron chi connectivity index (χ2n) is 4.86. The maximum atomic E-state index is 5.45. The van der Waals surface area contributed by atoms with Gasteiger partial charge in [0.05, 0.1) is 18.4 Å². The molecule has 0 spiro atoms. The lowest BCUT2D eigenvalue weighted by Gasteiger charge is -2.11. The molecule has 110 valence electrons. The molecular weight excluding hydrogens is 280 g/mol. The highest BCUT2D eigenvalue weighted by molar-refractivity contribution is 5.67. The van der Waals surface area contributed by atoms with Crippen LogP contribution >= 0.6 is 0 Å². The zero-order valence-electron chi connectivity index (χ0n) is 12.0. The fourth-order valence-corrected chi connectivity index (χ4v) is 2.58. The first-order chi connectivity index (χ1) is 10.9. The Morgan fingerprint density at radius 3 is 2.86 bits per heavy atom. The van der Waals surface area contributed by atoms with E-state index in [9.17, 15) is 0 Å². The zero-order valence-corrected chi connectivity index (χ0v) is 12.0. The molecule has 4 rings (SSSR count). The maximum absolute atomic E-state index is 5.45. The number of hydrogen-bond acceptors (Lipinski definition) is 4. The predicted octanol–water partition coefficient (Wildman–Crippen LogP) is 3.28. The first-order valence-corrected chi connectivity index (χ1v) is 6.93. The predicted molar refractivity (Wildman–Crippen MR) is 81.7 cm³/mol. The van der Waals surface area contributed by atoms with E-state index in [2.05, 4.69) is 4.98 Å². The number of benzene rings is 2. The Morgan fingerprint density at radius 1 is 1.09 bits per heavy atom. The summed E-state index contributed by atoms with van der Waals surface area (Å²) in [5.41, 5.74) is 1.90. The molecule has 0 fully saturated rings. The van der Waals surface area contributed by atoms with Gasteiger partial charge in [0.15, 0.2) is 11.5 Å². The van der Waals surface area contributed by atoms with Gasteiger partial charge in [-0.1, -0.05) is 12.1 Å². The van der Waals surface area contributed by atoms with Gasteiger partial charge in [0.1, 0.15) is 11.6 Å². The number of imidazole rings is 1. The third kappa shape index (κ3) is 1.98. The molecule has 5 nitrogen and oxygen atoms in total. The van der Waals surface area contributed by atoms with Crippen LogP contribution in [0.15, 0.2) is 54.9 Å². The topological polar surface area (TPSA) is 45.5 Å². The number of ether oxygens (including phenoxy) is 3. The SMILES string of the molecule is COc1ccccc1-c1nccn1-c1ccc2c(c1)OCO2. The lowest BCUT2D eigenvalue weighted by atomic mass is 10.2. The quantitative estimate of drug-likeness (QED) is 0.743. The lowest BCUT2D eigenvalue weighted by Crippen LogP contribution is -1.98. The van der Waals surface area contributed by atoms with Gasteiger partial charge in [-0.25, -0.2) is 4.98 Å². The van der Waals surface area contributed by atoms with Crippen molar-refractivity contribution in [2.24, 2.45) is 0 Å². The summed E-state index contributed by atoms with van der Waals surface area (Å²) in [7, 11) is 1.66. The molecule has 3 aromatic rings. The highest BCUT2D eigenvalue weighted by Gasteiger charge is 2.16. The molecule has 1 aliphatic heterocycles. The molecule has 2 aromatic carbocycles. The van der Waals surface area contributed by atoms with Crippen LogP contribution in [0.25, 0.3) is 17.1 Å². The van der Waals surface area contributed by atoms with Gasteiger partial charge in [-0.15, -0.1) is 0 Å². The van der Waals surface area contributed by atoms with Gasteiger partial charge >= 0.3 is 0 Å². The molecule has 0 amide bonds. The summed E-state index contributed by atoms with van der Waals surface area (Å²) < 4.78 is 18.2. The average molecular weight is 294 g/mol. The van der Waals surface area contributed by atoms with Crippen molar-refractivity contribution in [1.29, 1.82) is 0 Å². The van der Waals surface area contributed by atoms with Gasteiger partial charge in [-0.05, 0) is 24.3 Å². The van der Waals surface area contributed by atoms with Crippen LogP contribution in [0, 0.1) is 0 Å². The van der Waals surface area contributed by atoms with Gasteiger partial charge in [0.2, 0.25) is 6.79 Å². The lowest BCUT2D eigenvalue weighted by molar-refractivity contribution is 0.174. The van der Waals surface area contributed by atoms with Gasteiger partial charge in [-0.3, -0.25) is 4.57 Å². The molecule has 2 heterocycles. The number of para-hydroxylation sites is 1. The standard InChI is InChI=1S/C17H14N2O3/c1-20-14-5-3-2-4-13(14)17-18-8-9-19(17)12-6-7-15-16(10-12)22-11-21-15/h2-10H,11H2,1H3. The molecule has 1 aromatic heterocycles. The molecule has 0 bridgehead atoms. The van der Waals surface area contributed by atoms with Crippen LogP contribution in [0.2, 0.25) is 0 Å². The Kier molecular flexibility index (Phi) is 2.96. The molecule has 0 N–H and O–H groups in total. The van der Waals surface area contributed by atoms with E-state index in [0.717, 1.165) is 34.3 Å². The van der Waals surface area contributed by atoms with Crippen LogP contribution in [0.4, 0.5) is 0 Å². The molecule has 0 unspecified atom stereocenters. The van der Waals surface area contributed by atoms with Gasteiger partial charge < -0.3 is 14.2 Å². The third-order valence-electron chi connectivity index (χ3n) is 3.62. The van der Waals surface area contributed by atoms with Crippen molar-refractivity contribution in [2.45, 2.75) is 0 Å². The number of methoxy groups -OCH3 is 1. The molecule has 22 heavy (non-hydrogen) atoms. The first-order valence-electron chi connectivity index (χ1n) is 6.93. The minimum atomic E-state index is 0.266. The minimum absolute atomic E-state index is 0.266. The van der Waals surface area contributed by atoms with Crippen LogP contribution in [-0.2, 0) is 0 Å². The third-order valence-corrected chi connectivity index (χ3v) is 3.62. The van der Waals surface area contributed by atoms with E-state index in [1.165, 1.54) is 0 Å². The van der Waals surface area contributed by atoms with Crippen molar-refractivity contribution in [1.82, 2.24) is 9.55 Å². The van der Waals surface area contributed by atoms with Gasteiger partial charge in [0, 0.05) is 18.5 Å². The van der Waals surface area contributed by atoms with E-state index in [1.54, 1.807) is 13.3 Å². The molecule has 0 radical (unpaired) electrons. The van der Waals surface area contributed by atoms with E-state index < -0.39 is 0 Å². The van der Waals surface area contributed by atoms with Crippen LogP contribution in [0.1, 0.15) is 0 Å². The van der Waals surface area contributed by atoms with Crippen molar-refractivity contribution in [3.8, 4) is 34.3 Å². The van der Waals surface area contributed by atoms with E-state index in [4.69, 9.17) is 14.2 Å². The summed E-state index contributed by atoms with van der Waals surface area (Å²) in [6.45, 7) is 0.266. The Balaban J connectivity index is 1.83. The van der Waals surface area contributed by atoms with Crippen LogP contribution in [0.5, 0.6) is 17.2 Å². The number of nitrogens with zero attached hydrogens (tertiary/aromatic N) is 2. The average Bonchev–Trinajstić information content (AvgIpc) is 3.22. The molecule has 1 aliphatic rings. The summed E-state index contributed by atoms with van der Waals surface area (Å²) in [6, 6.07) is 13.7. The van der Waals surface area contributed by atoms with E-state index in [0.29, 0.717) is 0 Å². The Labute approximate surface area is 127 Å². The Hall–Kier alpha value is -2.95. The largest absolute Gasteiger partial charge is 0.496 e. The second-order valence-corrected chi connectivity index (χ2v) is 4.86. The fraction of sp³-hybridized carbons (Fsp3) is 0.118. The Morgan fingerprint density at radius 2 is 1.95 bits per heavy atom. The smallest absolute Gasteiger partial charge is 0.231 e. The van der Waals surface area contributed by atoms with Crippen molar-refractivity contribution < 1.29 is 14.2 Å². The van der Waals surface area contributed by atoms with Gasteiger partial charge in [0.25, 0.3) is 0 Å². The van der Waals surface area contributed by atoms with Gasteiger partial charge in [-0.2, -0.15) is 0 Å². The number of rotatable bonds is 3. The van der Waals surface area contributed by atoms with Crippen molar-refractivity contribution in [3.05, 3.63) is 54.9 Å². The van der Waals surface area contributed by atoms with Crippen molar-refractivity contribution in [3.63, 3.8) is 0 Å². The number of aromatic nitrogens is 2. The normalized spacial score (nSPS) is 12.4. The Bertz CT molecular complexity index is 826.